The zero-order valence-electron chi connectivity index (χ0n) is 5.26. The Morgan fingerprint density at radius 2 is 2.50 bits per heavy atom. The van der Waals surface area contributed by atoms with Gasteiger partial charge in [0.25, 0.3) is 0 Å². The minimum Gasteiger partial charge on any atom is -0.399 e. The Labute approximate surface area is 54.3 Å². The fourth-order valence-electron chi connectivity index (χ4n) is 0.276. The molecule has 0 aromatic rings. The van der Waals surface area contributed by atoms with E-state index in [0.717, 1.165) is 11.5 Å². The van der Waals surface area contributed by atoms with Crippen molar-refractivity contribution in [2.75, 3.05) is 18.6 Å². The third-order valence-corrected chi connectivity index (χ3v) is 1.37. The monoisotopic (exact) mass is 133 g/mol. The average Bonchev–Trinajstić information content (AvgIpc) is 1.81. The van der Waals surface area contributed by atoms with E-state index in [2.05, 4.69) is 16.9 Å². The molecule has 0 fully saturated rings. The minimum atomic E-state index is 0.949. The summed E-state index contributed by atoms with van der Waals surface area (Å²) in [6.07, 6.45) is 1.76. The first kappa shape index (κ1) is 7.82. The molecule has 0 aliphatic heterocycles. The summed E-state index contributed by atoms with van der Waals surface area (Å²) >= 11 is 1.82. The van der Waals surface area contributed by atoms with Crippen LogP contribution in [0.1, 0.15) is 6.92 Å². The maximum atomic E-state index is 4.44. The zero-order valence-corrected chi connectivity index (χ0v) is 6.07. The van der Waals surface area contributed by atoms with E-state index in [1.807, 2.05) is 11.8 Å². The van der Waals surface area contributed by atoms with Crippen LogP contribution in [0.5, 0.6) is 0 Å². The molecule has 0 saturated heterocycles. The van der Waals surface area contributed by atoms with Gasteiger partial charge in [-0.25, -0.2) is 0 Å². The van der Waals surface area contributed by atoms with Crippen molar-refractivity contribution >= 4 is 18.0 Å². The highest BCUT2D eigenvalue weighted by Crippen LogP contribution is 1.93. The van der Waals surface area contributed by atoms with Crippen LogP contribution < -0.4 is 0 Å². The molecule has 3 heteroatoms. The molecule has 0 atom stereocenters. The van der Waals surface area contributed by atoms with Crippen molar-refractivity contribution in [2.24, 2.45) is 5.16 Å². The lowest BCUT2D eigenvalue weighted by Gasteiger charge is -1.86. The topological polar surface area (TPSA) is 21.6 Å². The molecule has 0 unspecified atom stereocenters. The van der Waals surface area contributed by atoms with Crippen molar-refractivity contribution in [2.45, 2.75) is 6.92 Å². The van der Waals surface area contributed by atoms with Gasteiger partial charge in [-0.2, -0.15) is 11.8 Å². The summed E-state index contributed by atoms with van der Waals surface area (Å²) < 4.78 is 0. The Balaban J connectivity index is 2.80. The highest BCUT2D eigenvalue weighted by molar-refractivity contribution is 7.99. The van der Waals surface area contributed by atoms with Crippen molar-refractivity contribution in [3.63, 3.8) is 0 Å². The molecule has 2 nitrogen and oxygen atoms in total. The summed E-state index contributed by atoms with van der Waals surface area (Å²) in [7, 11) is 1.55. The molecule has 0 saturated carbocycles. The highest BCUT2D eigenvalue weighted by Gasteiger charge is 1.75. The van der Waals surface area contributed by atoms with Crippen molar-refractivity contribution in [1.82, 2.24) is 0 Å². The Kier molecular flexibility index (Phi) is 6.67. The predicted octanol–water partition coefficient (Wildman–Crippen LogP) is 1.37. The van der Waals surface area contributed by atoms with Gasteiger partial charge in [-0.15, -0.1) is 0 Å². The van der Waals surface area contributed by atoms with Crippen LogP contribution in [-0.2, 0) is 4.84 Å². The summed E-state index contributed by atoms with van der Waals surface area (Å²) in [5.74, 6) is 2.08. The summed E-state index contributed by atoms with van der Waals surface area (Å²) in [6, 6.07) is 0. The van der Waals surface area contributed by atoms with Gasteiger partial charge in [-0.1, -0.05) is 12.1 Å². The number of thioether (sulfide) groups is 1. The van der Waals surface area contributed by atoms with Crippen molar-refractivity contribution in [3.05, 3.63) is 0 Å². The van der Waals surface area contributed by atoms with Crippen molar-refractivity contribution in [1.29, 1.82) is 0 Å². The lowest BCUT2D eigenvalue weighted by molar-refractivity contribution is 0.215. The molecule has 0 radical (unpaired) electrons. The second-order valence-electron chi connectivity index (χ2n) is 1.13. The maximum absolute atomic E-state index is 4.44. The minimum absolute atomic E-state index is 0.949. The van der Waals surface area contributed by atoms with Gasteiger partial charge >= 0.3 is 0 Å². The van der Waals surface area contributed by atoms with Gasteiger partial charge in [0.15, 0.2) is 0 Å². The summed E-state index contributed by atoms with van der Waals surface area (Å²) in [5, 5.41) is 3.56. The van der Waals surface area contributed by atoms with E-state index in [0.29, 0.717) is 0 Å². The van der Waals surface area contributed by atoms with Gasteiger partial charge in [0, 0.05) is 5.75 Å². The summed E-state index contributed by atoms with van der Waals surface area (Å²) in [4.78, 5) is 4.44. The maximum Gasteiger partial charge on any atom is 0.106 e. The van der Waals surface area contributed by atoms with Gasteiger partial charge in [-0.3, -0.25) is 0 Å². The van der Waals surface area contributed by atoms with E-state index in [1.54, 1.807) is 13.3 Å². The van der Waals surface area contributed by atoms with E-state index >= 15 is 0 Å². The third kappa shape index (κ3) is 5.82. The first-order valence-corrected chi connectivity index (χ1v) is 3.70. The number of nitrogens with zero attached hydrogens (tertiary/aromatic N) is 1. The zero-order chi connectivity index (χ0) is 6.24. The molecule has 8 heavy (non-hydrogen) atoms. The second kappa shape index (κ2) is 6.82. The average molecular weight is 133 g/mol. The van der Waals surface area contributed by atoms with Gasteiger partial charge in [0.05, 0.1) is 6.21 Å². The first-order chi connectivity index (χ1) is 3.91. The SMILES string of the molecule is CCSC/C=N/OC. The molecular weight excluding hydrogens is 122 g/mol. The van der Waals surface area contributed by atoms with Crippen LogP contribution in [0.2, 0.25) is 0 Å². The van der Waals surface area contributed by atoms with E-state index in [4.69, 9.17) is 0 Å². The van der Waals surface area contributed by atoms with Crippen molar-refractivity contribution < 1.29 is 4.84 Å². The fraction of sp³-hybridized carbons (Fsp3) is 0.800. The van der Waals surface area contributed by atoms with Crippen LogP contribution in [-0.4, -0.2) is 24.8 Å². The Morgan fingerprint density at radius 3 is 3.00 bits per heavy atom. The molecule has 0 spiro atoms. The van der Waals surface area contributed by atoms with Gasteiger partial charge in [0.1, 0.15) is 7.11 Å². The molecule has 0 rings (SSSR count). The number of oxime groups is 1. The standard InChI is InChI=1S/C5H11NOS/c1-3-8-5-4-6-7-2/h4H,3,5H2,1-2H3/b6-4+. The molecule has 0 aliphatic carbocycles. The van der Waals surface area contributed by atoms with Crippen LogP contribution in [0.15, 0.2) is 5.16 Å². The number of hydrogen-bond acceptors (Lipinski definition) is 3. The van der Waals surface area contributed by atoms with E-state index in [1.165, 1.54) is 0 Å². The molecular formula is C5H11NOS. The first-order valence-electron chi connectivity index (χ1n) is 2.54. The summed E-state index contributed by atoms with van der Waals surface area (Å²) in [6.45, 7) is 2.12. The molecule has 0 N–H and O–H groups in total. The molecule has 0 aromatic carbocycles. The van der Waals surface area contributed by atoms with Crippen LogP contribution >= 0.6 is 11.8 Å². The lowest BCUT2D eigenvalue weighted by atomic mass is 10.9. The van der Waals surface area contributed by atoms with Crippen LogP contribution in [0.4, 0.5) is 0 Å². The molecule has 0 aliphatic rings. The largest absolute Gasteiger partial charge is 0.399 e. The Hall–Kier alpha value is -0.180. The van der Waals surface area contributed by atoms with Crippen LogP contribution in [0.25, 0.3) is 0 Å². The number of hydrogen-bond donors (Lipinski definition) is 0. The second-order valence-corrected chi connectivity index (χ2v) is 2.45. The Bertz CT molecular complexity index is 65.4. The lowest BCUT2D eigenvalue weighted by Crippen LogP contribution is -1.80. The van der Waals surface area contributed by atoms with Gasteiger partial charge < -0.3 is 4.84 Å². The fourth-order valence-corrected chi connectivity index (χ4v) is 0.677. The van der Waals surface area contributed by atoms with Gasteiger partial charge in [0.2, 0.25) is 0 Å². The molecule has 0 heterocycles. The van der Waals surface area contributed by atoms with Gasteiger partial charge in [-0.05, 0) is 5.75 Å². The third-order valence-electron chi connectivity index (χ3n) is 0.576. The smallest absolute Gasteiger partial charge is 0.106 e. The molecule has 0 aromatic heterocycles. The van der Waals surface area contributed by atoms with E-state index < -0.39 is 0 Å². The molecule has 48 valence electrons. The molecule has 0 amide bonds. The van der Waals surface area contributed by atoms with E-state index in [-0.39, 0.29) is 0 Å². The highest BCUT2D eigenvalue weighted by atomic mass is 32.2. The number of rotatable bonds is 4. The Morgan fingerprint density at radius 1 is 1.75 bits per heavy atom. The van der Waals surface area contributed by atoms with Crippen LogP contribution in [0.3, 0.4) is 0 Å². The summed E-state index contributed by atoms with van der Waals surface area (Å²) in [5.41, 5.74) is 0. The predicted molar refractivity (Wildman–Crippen MR) is 38.5 cm³/mol. The van der Waals surface area contributed by atoms with E-state index in [9.17, 15) is 0 Å². The van der Waals surface area contributed by atoms with Crippen LogP contribution in [0, 0.1) is 0 Å². The quantitative estimate of drug-likeness (QED) is 0.328. The van der Waals surface area contributed by atoms with Crippen molar-refractivity contribution in [3.8, 4) is 0 Å². The normalized spacial score (nSPS) is 10.2. The molecule has 0 bridgehead atoms.